The standard InChI is InChI=1S/C20H25N3O4/c1-4-23(5-2)12-13-27-20(25)15-6-8-16(9-7-15)21-22-17-10-11-18(24)19(14-17)26-3/h6-11,14,24H,4-5,12-13H2,1-3H3. The predicted octanol–water partition coefficient (Wildman–Crippen LogP) is 4.31. The van der Waals surface area contributed by atoms with Crippen molar-refractivity contribution >= 4 is 17.3 Å². The molecule has 0 saturated carbocycles. The summed E-state index contributed by atoms with van der Waals surface area (Å²) < 4.78 is 10.3. The van der Waals surface area contributed by atoms with Gasteiger partial charge in [0.15, 0.2) is 11.5 Å². The van der Waals surface area contributed by atoms with Crippen molar-refractivity contribution in [1.29, 1.82) is 0 Å². The van der Waals surface area contributed by atoms with E-state index in [1.807, 2.05) is 0 Å². The molecule has 0 atom stereocenters. The van der Waals surface area contributed by atoms with Crippen molar-refractivity contribution < 1.29 is 19.4 Å². The van der Waals surface area contributed by atoms with E-state index in [9.17, 15) is 9.90 Å². The molecule has 0 bridgehead atoms. The number of phenolic OH excluding ortho intramolecular Hbond substituents is 1. The molecule has 0 aliphatic heterocycles. The van der Waals surface area contributed by atoms with Crippen LogP contribution < -0.4 is 4.74 Å². The highest BCUT2D eigenvalue weighted by Crippen LogP contribution is 2.30. The first-order valence-electron chi connectivity index (χ1n) is 8.85. The number of esters is 1. The second kappa shape index (κ2) is 10.3. The van der Waals surface area contributed by atoms with Crippen LogP contribution in [-0.2, 0) is 4.74 Å². The topological polar surface area (TPSA) is 83.7 Å². The molecular weight excluding hydrogens is 346 g/mol. The van der Waals surface area contributed by atoms with Crippen LogP contribution in [0.15, 0.2) is 52.7 Å². The summed E-state index contributed by atoms with van der Waals surface area (Å²) in [6.45, 7) is 7.10. The fourth-order valence-corrected chi connectivity index (χ4v) is 2.40. The van der Waals surface area contributed by atoms with Gasteiger partial charge in [-0.1, -0.05) is 13.8 Å². The van der Waals surface area contributed by atoms with E-state index >= 15 is 0 Å². The Labute approximate surface area is 159 Å². The van der Waals surface area contributed by atoms with Gasteiger partial charge in [0.1, 0.15) is 6.61 Å². The highest BCUT2D eigenvalue weighted by molar-refractivity contribution is 5.89. The van der Waals surface area contributed by atoms with Gasteiger partial charge in [0.05, 0.1) is 24.0 Å². The number of azo groups is 1. The second-order valence-corrected chi connectivity index (χ2v) is 5.77. The molecule has 0 amide bonds. The molecule has 0 aliphatic rings. The molecule has 2 aromatic rings. The minimum atomic E-state index is -0.353. The molecule has 7 nitrogen and oxygen atoms in total. The molecule has 0 heterocycles. The normalized spacial score (nSPS) is 11.1. The third kappa shape index (κ3) is 6.07. The number of likely N-dealkylation sites (N-methyl/N-ethyl adjacent to an activating group) is 1. The number of phenols is 1. The van der Waals surface area contributed by atoms with Crippen LogP contribution in [0.25, 0.3) is 0 Å². The number of benzene rings is 2. The van der Waals surface area contributed by atoms with E-state index in [1.165, 1.54) is 13.2 Å². The molecule has 0 unspecified atom stereocenters. The van der Waals surface area contributed by atoms with Gasteiger partial charge in [-0.05, 0) is 49.5 Å². The van der Waals surface area contributed by atoms with E-state index in [4.69, 9.17) is 9.47 Å². The molecule has 0 radical (unpaired) electrons. The highest BCUT2D eigenvalue weighted by Gasteiger charge is 2.08. The molecule has 144 valence electrons. The molecule has 27 heavy (non-hydrogen) atoms. The Kier molecular flexibility index (Phi) is 7.76. The van der Waals surface area contributed by atoms with Crippen molar-refractivity contribution in [3.63, 3.8) is 0 Å². The SMILES string of the molecule is CCN(CC)CCOC(=O)c1ccc(N=Nc2ccc(O)c(OC)c2)cc1. The average Bonchev–Trinajstić information content (AvgIpc) is 2.70. The number of hydrogen-bond acceptors (Lipinski definition) is 7. The third-order valence-corrected chi connectivity index (χ3v) is 4.08. The zero-order chi connectivity index (χ0) is 19.6. The summed E-state index contributed by atoms with van der Waals surface area (Å²) in [5.41, 5.74) is 1.62. The Morgan fingerprint density at radius 3 is 2.30 bits per heavy atom. The monoisotopic (exact) mass is 371 g/mol. The van der Waals surface area contributed by atoms with Gasteiger partial charge in [-0.25, -0.2) is 4.79 Å². The number of nitrogens with zero attached hydrogens (tertiary/aromatic N) is 3. The van der Waals surface area contributed by atoms with Crippen molar-refractivity contribution in [3.8, 4) is 11.5 Å². The number of ether oxygens (including phenoxy) is 2. The first kappa shape index (κ1) is 20.4. The maximum absolute atomic E-state index is 12.1. The summed E-state index contributed by atoms with van der Waals surface area (Å²) in [6, 6.07) is 11.4. The summed E-state index contributed by atoms with van der Waals surface area (Å²) in [6.07, 6.45) is 0. The summed E-state index contributed by atoms with van der Waals surface area (Å²) in [5.74, 6) is 0.0171. The van der Waals surface area contributed by atoms with Crippen molar-refractivity contribution in [3.05, 3.63) is 48.0 Å². The van der Waals surface area contributed by atoms with Crippen molar-refractivity contribution in [2.24, 2.45) is 10.2 Å². The van der Waals surface area contributed by atoms with Crippen LogP contribution in [0.4, 0.5) is 11.4 Å². The number of aromatic hydroxyl groups is 1. The van der Waals surface area contributed by atoms with Gasteiger partial charge in [0, 0.05) is 12.6 Å². The molecule has 1 N–H and O–H groups in total. The maximum Gasteiger partial charge on any atom is 0.338 e. The minimum absolute atomic E-state index is 0.0420. The molecule has 0 aliphatic carbocycles. The fourth-order valence-electron chi connectivity index (χ4n) is 2.40. The Balaban J connectivity index is 1.93. The molecule has 0 fully saturated rings. The summed E-state index contributed by atoms with van der Waals surface area (Å²) >= 11 is 0. The van der Waals surface area contributed by atoms with E-state index in [2.05, 4.69) is 29.0 Å². The lowest BCUT2D eigenvalue weighted by Crippen LogP contribution is -2.27. The van der Waals surface area contributed by atoms with Crippen LogP contribution in [-0.4, -0.2) is 49.3 Å². The van der Waals surface area contributed by atoms with Crippen molar-refractivity contribution in [2.75, 3.05) is 33.4 Å². The zero-order valence-corrected chi connectivity index (χ0v) is 15.9. The Bertz CT molecular complexity index is 771. The van der Waals surface area contributed by atoms with Gasteiger partial charge in [-0.3, -0.25) is 0 Å². The number of hydrogen-bond donors (Lipinski definition) is 1. The Morgan fingerprint density at radius 2 is 1.67 bits per heavy atom. The first-order valence-corrected chi connectivity index (χ1v) is 8.85. The molecule has 0 spiro atoms. The lowest BCUT2D eigenvalue weighted by molar-refractivity contribution is 0.0466. The van der Waals surface area contributed by atoms with Gasteiger partial charge in [0.2, 0.25) is 0 Å². The average molecular weight is 371 g/mol. The molecule has 0 saturated heterocycles. The number of carbonyl (C=O) groups excluding carboxylic acids is 1. The van der Waals surface area contributed by atoms with E-state index in [0.717, 1.165) is 19.6 Å². The van der Waals surface area contributed by atoms with Crippen molar-refractivity contribution in [2.45, 2.75) is 13.8 Å². The van der Waals surface area contributed by atoms with Crippen molar-refractivity contribution in [1.82, 2.24) is 4.90 Å². The van der Waals surface area contributed by atoms with Crippen LogP contribution in [0, 0.1) is 0 Å². The Hall–Kier alpha value is -2.93. The van der Waals surface area contributed by atoms with Crippen LogP contribution in [0.3, 0.4) is 0 Å². The van der Waals surface area contributed by atoms with E-state index in [0.29, 0.717) is 29.3 Å². The summed E-state index contributed by atoms with van der Waals surface area (Å²) in [7, 11) is 1.47. The van der Waals surface area contributed by atoms with Crippen LogP contribution in [0.5, 0.6) is 11.5 Å². The van der Waals surface area contributed by atoms with Crippen LogP contribution >= 0.6 is 0 Å². The summed E-state index contributed by atoms with van der Waals surface area (Å²) in [5, 5.41) is 17.8. The number of methoxy groups -OCH3 is 1. The maximum atomic E-state index is 12.1. The van der Waals surface area contributed by atoms with E-state index in [1.54, 1.807) is 36.4 Å². The quantitative estimate of drug-likeness (QED) is 0.524. The first-order chi connectivity index (χ1) is 13.1. The lowest BCUT2D eigenvalue weighted by Gasteiger charge is -2.17. The van der Waals surface area contributed by atoms with E-state index < -0.39 is 0 Å². The predicted molar refractivity (Wildman–Crippen MR) is 103 cm³/mol. The molecule has 2 aromatic carbocycles. The molecule has 2 rings (SSSR count). The molecule has 7 heteroatoms. The lowest BCUT2D eigenvalue weighted by atomic mass is 10.2. The highest BCUT2D eigenvalue weighted by atomic mass is 16.5. The summed E-state index contributed by atoms with van der Waals surface area (Å²) in [4.78, 5) is 14.3. The smallest absolute Gasteiger partial charge is 0.338 e. The fraction of sp³-hybridized carbons (Fsp3) is 0.350. The zero-order valence-electron chi connectivity index (χ0n) is 15.9. The third-order valence-electron chi connectivity index (χ3n) is 4.08. The van der Waals surface area contributed by atoms with Crippen LogP contribution in [0.2, 0.25) is 0 Å². The molecule has 0 aromatic heterocycles. The van der Waals surface area contributed by atoms with Crippen LogP contribution in [0.1, 0.15) is 24.2 Å². The van der Waals surface area contributed by atoms with E-state index in [-0.39, 0.29) is 11.7 Å². The minimum Gasteiger partial charge on any atom is -0.504 e. The van der Waals surface area contributed by atoms with Gasteiger partial charge in [-0.15, -0.1) is 0 Å². The van der Waals surface area contributed by atoms with Gasteiger partial charge >= 0.3 is 5.97 Å². The largest absolute Gasteiger partial charge is 0.504 e. The van der Waals surface area contributed by atoms with Gasteiger partial charge in [0.25, 0.3) is 0 Å². The Morgan fingerprint density at radius 1 is 1.04 bits per heavy atom. The molecular formula is C20H25N3O4. The number of carbonyl (C=O) groups is 1. The second-order valence-electron chi connectivity index (χ2n) is 5.77. The van der Waals surface area contributed by atoms with Gasteiger partial charge < -0.3 is 19.5 Å². The number of rotatable bonds is 9. The van der Waals surface area contributed by atoms with Gasteiger partial charge in [-0.2, -0.15) is 10.2 Å².